The Morgan fingerprint density at radius 2 is 2.00 bits per heavy atom. The van der Waals surface area contributed by atoms with Crippen LogP contribution >= 0.6 is 0 Å². The highest BCUT2D eigenvalue weighted by Gasteiger charge is 2.16. The summed E-state index contributed by atoms with van der Waals surface area (Å²) in [5.41, 5.74) is 1.06. The first kappa shape index (κ1) is 13.4. The van der Waals surface area contributed by atoms with Gasteiger partial charge in [0.15, 0.2) is 5.78 Å². The van der Waals surface area contributed by atoms with Gasteiger partial charge in [0, 0.05) is 13.0 Å². The molecule has 0 saturated heterocycles. The Hall–Kier alpha value is -0.630. The molecule has 1 unspecified atom stereocenters. The molecule has 0 aromatic carbocycles. The molecule has 14 heavy (non-hydrogen) atoms. The van der Waals surface area contributed by atoms with Crippen LogP contribution in [0.2, 0.25) is 0 Å². The molecule has 0 rings (SSSR count). The van der Waals surface area contributed by atoms with E-state index >= 15 is 0 Å². The third-order valence-corrected chi connectivity index (χ3v) is 2.08. The lowest BCUT2D eigenvalue weighted by molar-refractivity contribution is -0.130. The van der Waals surface area contributed by atoms with Gasteiger partial charge in [-0.25, -0.2) is 0 Å². The maximum atomic E-state index is 11.7. The van der Waals surface area contributed by atoms with Gasteiger partial charge >= 0.3 is 0 Å². The molecular weight excluding hydrogens is 176 g/mol. The van der Waals surface area contributed by atoms with Crippen LogP contribution in [0, 0.1) is 0 Å². The molecule has 0 radical (unpaired) electrons. The van der Waals surface area contributed by atoms with Crippen molar-refractivity contribution in [1.82, 2.24) is 0 Å². The van der Waals surface area contributed by atoms with Crippen LogP contribution in [0.4, 0.5) is 0 Å². The maximum absolute atomic E-state index is 11.7. The predicted octanol–water partition coefficient (Wildman–Crippen LogP) is 3.12. The van der Waals surface area contributed by atoms with Crippen LogP contribution < -0.4 is 0 Å². The zero-order valence-electron chi connectivity index (χ0n) is 9.64. The molecule has 0 spiro atoms. The number of carbonyl (C=O) groups is 1. The first-order valence-corrected chi connectivity index (χ1v) is 5.40. The van der Waals surface area contributed by atoms with E-state index in [1.165, 1.54) is 0 Å². The van der Waals surface area contributed by atoms with Gasteiger partial charge in [-0.2, -0.15) is 0 Å². The Bertz CT molecular complexity index is 179. The first-order valence-electron chi connectivity index (χ1n) is 5.40. The Kier molecular flexibility index (Phi) is 7.40. The van der Waals surface area contributed by atoms with Crippen molar-refractivity contribution in [2.45, 2.75) is 52.6 Å². The molecule has 0 heterocycles. The smallest absolute Gasteiger partial charge is 0.161 e. The molecular formula is C12H22O2. The minimum atomic E-state index is -0.190. The lowest BCUT2D eigenvalue weighted by Gasteiger charge is -2.14. The third-order valence-electron chi connectivity index (χ3n) is 2.08. The Balaban J connectivity index is 3.94. The van der Waals surface area contributed by atoms with Gasteiger partial charge in [0.1, 0.15) is 6.10 Å². The van der Waals surface area contributed by atoms with Crippen LogP contribution in [0.1, 0.15) is 46.5 Å². The fourth-order valence-electron chi connectivity index (χ4n) is 1.30. The minimum absolute atomic E-state index is 0.190. The van der Waals surface area contributed by atoms with E-state index < -0.39 is 0 Å². The number of ketones is 1. The molecule has 0 aromatic rings. The lowest BCUT2D eigenvalue weighted by Crippen LogP contribution is -2.24. The molecule has 1 atom stereocenters. The number of carbonyl (C=O) groups excluding carboxylic acids is 1. The molecule has 2 nitrogen and oxygen atoms in total. The Morgan fingerprint density at radius 1 is 1.36 bits per heavy atom. The maximum Gasteiger partial charge on any atom is 0.161 e. The molecule has 0 aliphatic carbocycles. The van der Waals surface area contributed by atoms with Crippen LogP contribution in [0.15, 0.2) is 12.2 Å². The number of ether oxygens (including phenoxy) is 1. The normalized spacial score (nSPS) is 12.5. The SMILES string of the molecule is C=C(C)CCC(=O)C(CCC)OCC. The molecule has 0 aromatic heterocycles. The molecule has 0 fully saturated rings. The fraction of sp³-hybridized carbons (Fsp3) is 0.750. The second-order valence-electron chi connectivity index (χ2n) is 3.66. The average molecular weight is 198 g/mol. The van der Waals surface area contributed by atoms with E-state index in [0.29, 0.717) is 13.0 Å². The molecule has 0 N–H and O–H groups in total. The van der Waals surface area contributed by atoms with Gasteiger partial charge in [-0.1, -0.05) is 18.9 Å². The summed E-state index contributed by atoms with van der Waals surface area (Å²) in [5, 5.41) is 0. The summed E-state index contributed by atoms with van der Waals surface area (Å²) >= 11 is 0. The van der Waals surface area contributed by atoms with Crippen LogP contribution in [0.5, 0.6) is 0 Å². The summed E-state index contributed by atoms with van der Waals surface area (Å²) in [5.74, 6) is 0.219. The third kappa shape index (κ3) is 5.92. The zero-order valence-corrected chi connectivity index (χ0v) is 9.64. The van der Waals surface area contributed by atoms with Gasteiger partial charge in [0.2, 0.25) is 0 Å². The van der Waals surface area contributed by atoms with E-state index in [4.69, 9.17) is 4.74 Å². The van der Waals surface area contributed by atoms with E-state index in [0.717, 1.165) is 24.8 Å². The molecule has 0 amide bonds. The molecule has 0 aliphatic rings. The molecule has 0 saturated carbocycles. The Morgan fingerprint density at radius 3 is 2.43 bits per heavy atom. The van der Waals surface area contributed by atoms with E-state index in [-0.39, 0.29) is 11.9 Å². The number of allylic oxidation sites excluding steroid dienone is 1. The Labute approximate surface area is 87.3 Å². The molecule has 0 bridgehead atoms. The summed E-state index contributed by atoms with van der Waals surface area (Å²) < 4.78 is 5.40. The zero-order chi connectivity index (χ0) is 11.0. The van der Waals surface area contributed by atoms with Crippen LogP contribution in [0.25, 0.3) is 0 Å². The van der Waals surface area contributed by atoms with Crippen molar-refractivity contribution in [2.75, 3.05) is 6.61 Å². The van der Waals surface area contributed by atoms with Crippen LogP contribution in [-0.2, 0) is 9.53 Å². The van der Waals surface area contributed by atoms with Gasteiger partial charge in [-0.05, 0) is 26.7 Å². The van der Waals surface area contributed by atoms with Gasteiger partial charge in [-0.3, -0.25) is 4.79 Å². The van der Waals surface area contributed by atoms with Crippen molar-refractivity contribution >= 4 is 5.78 Å². The second-order valence-corrected chi connectivity index (χ2v) is 3.66. The van der Waals surface area contributed by atoms with Gasteiger partial charge in [0.05, 0.1) is 0 Å². The van der Waals surface area contributed by atoms with Gasteiger partial charge < -0.3 is 4.74 Å². The number of hydrogen-bond acceptors (Lipinski definition) is 2. The lowest BCUT2D eigenvalue weighted by atomic mass is 10.0. The van der Waals surface area contributed by atoms with Crippen molar-refractivity contribution < 1.29 is 9.53 Å². The number of Topliss-reactive ketones (excluding diaryl/α,β-unsaturated/α-hetero) is 1. The van der Waals surface area contributed by atoms with E-state index in [9.17, 15) is 4.79 Å². The monoisotopic (exact) mass is 198 g/mol. The highest BCUT2D eigenvalue weighted by Crippen LogP contribution is 2.10. The first-order chi connectivity index (χ1) is 6.61. The highest BCUT2D eigenvalue weighted by atomic mass is 16.5. The topological polar surface area (TPSA) is 26.3 Å². The summed E-state index contributed by atoms with van der Waals surface area (Å²) in [4.78, 5) is 11.7. The van der Waals surface area contributed by atoms with E-state index in [1.807, 2.05) is 13.8 Å². The van der Waals surface area contributed by atoms with Crippen molar-refractivity contribution in [3.05, 3.63) is 12.2 Å². The van der Waals surface area contributed by atoms with Crippen molar-refractivity contribution in [2.24, 2.45) is 0 Å². The van der Waals surface area contributed by atoms with E-state index in [2.05, 4.69) is 13.5 Å². The van der Waals surface area contributed by atoms with Gasteiger partial charge in [0.25, 0.3) is 0 Å². The second kappa shape index (κ2) is 7.74. The van der Waals surface area contributed by atoms with Crippen molar-refractivity contribution in [1.29, 1.82) is 0 Å². The fourth-order valence-corrected chi connectivity index (χ4v) is 1.30. The molecule has 82 valence electrons. The summed E-state index contributed by atoms with van der Waals surface area (Å²) in [6.07, 6.45) is 2.99. The molecule has 2 heteroatoms. The van der Waals surface area contributed by atoms with Crippen LogP contribution in [-0.4, -0.2) is 18.5 Å². The summed E-state index contributed by atoms with van der Waals surface area (Å²) in [6, 6.07) is 0. The number of rotatable bonds is 8. The van der Waals surface area contributed by atoms with Crippen LogP contribution in [0.3, 0.4) is 0 Å². The largest absolute Gasteiger partial charge is 0.371 e. The predicted molar refractivity (Wildman–Crippen MR) is 59.4 cm³/mol. The summed E-state index contributed by atoms with van der Waals surface area (Å²) in [6.45, 7) is 10.3. The quantitative estimate of drug-likeness (QED) is 0.560. The highest BCUT2D eigenvalue weighted by molar-refractivity contribution is 5.83. The van der Waals surface area contributed by atoms with Crippen molar-refractivity contribution in [3.8, 4) is 0 Å². The number of hydrogen-bond donors (Lipinski definition) is 0. The average Bonchev–Trinajstić information content (AvgIpc) is 2.14. The summed E-state index contributed by atoms with van der Waals surface area (Å²) in [7, 11) is 0. The molecule has 0 aliphatic heterocycles. The van der Waals surface area contributed by atoms with Crippen molar-refractivity contribution in [3.63, 3.8) is 0 Å². The van der Waals surface area contributed by atoms with E-state index in [1.54, 1.807) is 0 Å². The van der Waals surface area contributed by atoms with Gasteiger partial charge in [-0.15, -0.1) is 6.58 Å². The standard InChI is InChI=1S/C12H22O2/c1-5-7-12(14-6-2)11(13)9-8-10(3)4/h12H,3,5-9H2,1-2,4H3. The minimum Gasteiger partial charge on any atom is -0.371 e.